The highest BCUT2D eigenvalue weighted by Gasteiger charge is 2.14. The maximum atomic E-state index is 10.9. The Balaban J connectivity index is 2.16. The predicted molar refractivity (Wildman–Crippen MR) is 73.0 cm³/mol. The van der Waals surface area contributed by atoms with Crippen molar-refractivity contribution in [2.45, 2.75) is 27.4 Å². The Morgan fingerprint density at radius 1 is 1.47 bits per heavy atom. The lowest BCUT2D eigenvalue weighted by molar-refractivity contribution is 0.0702. The van der Waals surface area contributed by atoms with Crippen molar-refractivity contribution in [2.75, 3.05) is 0 Å². The molecule has 2 aromatic heterocycles. The lowest BCUT2D eigenvalue weighted by Gasteiger charge is -2.06. The molecule has 102 valence electrons. The third-order valence-corrected chi connectivity index (χ3v) is 4.13. The Bertz CT molecular complexity index is 628. The number of aryl methyl sites for hydroxylation is 3. The Morgan fingerprint density at radius 3 is 2.63 bits per heavy atom. The van der Waals surface area contributed by atoms with Crippen LogP contribution in [-0.2, 0) is 13.7 Å². The molecule has 1 N–H and O–H groups in total. The molecule has 0 bridgehead atoms. The molecule has 0 spiro atoms. The number of carbonyl (C=O) groups is 1. The highest BCUT2D eigenvalue weighted by atomic mass is 32.1. The molecule has 0 aromatic carbocycles. The Hall–Kier alpha value is -1.82. The molecule has 0 unspecified atom stereocenters. The van der Waals surface area contributed by atoms with Crippen LogP contribution in [0.4, 0.5) is 0 Å². The second kappa shape index (κ2) is 5.05. The SMILES string of the molecule is Cc1nn(C)c(C)c1OCc1cc(C(=O)O)sc1C. The van der Waals surface area contributed by atoms with Gasteiger partial charge in [-0.1, -0.05) is 0 Å². The summed E-state index contributed by atoms with van der Waals surface area (Å²) < 4.78 is 7.55. The van der Waals surface area contributed by atoms with Gasteiger partial charge >= 0.3 is 5.97 Å². The summed E-state index contributed by atoms with van der Waals surface area (Å²) in [5.41, 5.74) is 2.71. The summed E-state index contributed by atoms with van der Waals surface area (Å²) >= 11 is 1.27. The minimum absolute atomic E-state index is 0.343. The van der Waals surface area contributed by atoms with Crippen LogP contribution in [0.5, 0.6) is 5.75 Å². The van der Waals surface area contributed by atoms with Gasteiger partial charge in [0.2, 0.25) is 0 Å². The first-order valence-corrected chi connectivity index (χ1v) is 6.67. The molecule has 2 rings (SSSR count). The number of hydrogen-bond donors (Lipinski definition) is 1. The van der Waals surface area contributed by atoms with Crippen molar-refractivity contribution in [1.29, 1.82) is 0 Å². The number of hydrogen-bond acceptors (Lipinski definition) is 4. The molecule has 0 amide bonds. The molecule has 0 aliphatic carbocycles. The smallest absolute Gasteiger partial charge is 0.345 e. The molecule has 5 nitrogen and oxygen atoms in total. The summed E-state index contributed by atoms with van der Waals surface area (Å²) in [5.74, 6) is -0.127. The van der Waals surface area contributed by atoms with E-state index in [1.807, 2.05) is 27.8 Å². The fraction of sp³-hybridized carbons (Fsp3) is 0.385. The van der Waals surface area contributed by atoms with Crippen molar-refractivity contribution in [3.63, 3.8) is 0 Å². The van der Waals surface area contributed by atoms with E-state index < -0.39 is 5.97 Å². The first-order valence-electron chi connectivity index (χ1n) is 5.85. The van der Waals surface area contributed by atoms with Crippen LogP contribution >= 0.6 is 11.3 Å². The molecular weight excluding hydrogens is 264 g/mol. The Morgan fingerprint density at radius 2 is 2.16 bits per heavy atom. The van der Waals surface area contributed by atoms with Crippen LogP contribution in [0.1, 0.15) is 31.5 Å². The number of carboxylic acid groups (broad SMARTS) is 1. The quantitative estimate of drug-likeness (QED) is 0.935. The van der Waals surface area contributed by atoms with Crippen LogP contribution in [0, 0.1) is 20.8 Å². The molecule has 6 heteroatoms. The van der Waals surface area contributed by atoms with Crippen molar-refractivity contribution in [1.82, 2.24) is 9.78 Å². The summed E-state index contributed by atoms with van der Waals surface area (Å²) in [6.45, 7) is 6.10. The average Bonchev–Trinajstić information content (AvgIpc) is 2.80. The molecule has 0 saturated carbocycles. The van der Waals surface area contributed by atoms with Gasteiger partial charge < -0.3 is 9.84 Å². The van der Waals surface area contributed by atoms with E-state index in [0.29, 0.717) is 11.5 Å². The average molecular weight is 280 g/mol. The number of thiophene rings is 1. The predicted octanol–water partition coefficient (Wildman–Crippen LogP) is 2.68. The molecule has 2 aromatic rings. The Kier molecular flexibility index (Phi) is 3.61. The number of aromatic nitrogens is 2. The summed E-state index contributed by atoms with van der Waals surface area (Å²) in [6.07, 6.45) is 0. The van der Waals surface area contributed by atoms with Gasteiger partial charge in [-0.15, -0.1) is 11.3 Å². The van der Waals surface area contributed by atoms with Gasteiger partial charge in [0.25, 0.3) is 0 Å². The van der Waals surface area contributed by atoms with E-state index in [2.05, 4.69) is 5.10 Å². The van der Waals surface area contributed by atoms with Crippen molar-refractivity contribution in [3.8, 4) is 5.75 Å². The molecule has 0 aliphatic rings. The topological polar surface area (TPSA) is 64.4 Å². The van der Waals surface area contributed by atoms with Crippen LogP contribution in [-0.4, -0.2) is 20.9 Å². The molecule has 0 radical (unpaired) electrons. The number of aromatic carboxylic acids is 1. The lowest BCUT2D eigenvalue weighted by atomic mass is 10.2. The standard InChI is InChI=1S/C13H16N2O3S/c1-7-12(8(2)15(4)14-7)18-6-10-5-11(13(16)17)19-9(10)3/h5H,6H2,1-4H3,(H,16,17). The summed E-state index contributed by atoms with van der Waals surface area (Å²) in [5, 5.41) is 13.2. The molecule has 0 saturated heterocycles. The van der Waals surface area contributed by atoms with Gasteiger partial charge in [0.05, 0.1) is 5.69 Å². The van der Waals surface area contributed by atoms with E-state index in [0.717, 1.165) is 27.6 Å². The van der Waals surface area contributed by atoms with Gasteiger partial charge in [0, 0.05) is 17.5 Å². The molecule has 0 atom stereocenters. The van der Waals surface area contributed by atoms with E-state index in [1.165, 1.54) is 11.3 Å². The van der Waals surface area contributed by atoms with Gasteiger partial charge in [-0.2, -0.15) is 5.10 Å². The van der Waals surface area contributed by atoms with Crippen LogP contribution in [0.25, 0.3) is 0 Å². The van der Waals surface area contributed by atoms with Crippen molar-refractivity contribution in [2.24, 2.45) is 7.05 Å². The van der Waals surface area contributed by atoms with E-state index in [9.17, 15) is 4.79 Å². The molecule has 19 heavy (non-hydrogen) atoms. The number of nitrogens with zero attached hydrogens (tertiary/aromatic N) is 2. The minimum atomic E-state index is -0.895. The zero-order chi connectivity index (χ0) is 14.2. The molecule has 0 aliphatic heterocycles. The maximum absolute atomic E-state index is 10.9. The normalized spacial score (nSPS) is 10.7. The van der Waals surface area contributed by atoms with E-state index in [1.54, 1.807) is 10.7 Å². The summed E-state index contributed by atoms with van der Waals surface area (Å²) in [7, 11) is 1.87. The van der Waals surface area contributed by atoms with E-state index in [-0.39, 0.29) is 0 Å². The first-order chi connectivity index (χ1) is 8.90. The van der Waals surface area contributed by atoms with Crippen LogP contribution in [0.15, 0.2) is 6.07 Å². The largest absolute Gasteiger partial charge is 0.485 e. The molecule has 2 heterocycles. The fourth-order valence-electron chi connectivity index (χ4n) is 1.88. The zero-order valence-corrected chi connectivity index (χ0v) is 12.2. The van der Waals surface area contributed by atoms with Gasteiger partial charge in [-0.25, -0.2) is 4.79 Å². The minimum Gasteiger partial charge on any atom is -0.485 e. The summed E-state index contributed by atoms with van der Waals surface area (Å²) in [6, 6.07) is 1.67. The van der Waals surface area contributed by atoms with Crippen LogP contribution in [0.2, 0.25) is 0 Å². The second-order valence-electron chi connectivity index (χ2n) is 4.41. The summed E-state index contributed by atoms with van der Waals surface area (Å²) in [4.78, 5) is 12.2. The van der Waals surface area contributed by atoms with Gasteiger partial charge in [0.15, 0.2) is 5.75 Å². The van der Waals surface area contributed by atoms with Gasteiger partial charge in [0.1, 0.15) is 17.2 Å². The third-order valence-electron chi connectivity index (χ3n) is 3.05. The second-order valence-corrected chi connectivity index (χ2v) is 5.67. The first kappa shape index (κ1) is 13.6. The Labute approximate surface area is 115 Å². The van der Waals surface area contributed by atoms with Crippen molar-refractivity contribution in [3.05, 3.63) is 32.8 Å². The number of ether oxygens (including phenoxy) is 1. The van der Waals surface area contributed by atoms with Gasteiger partial charge in [-0.05, 0) is 26.8 Å². The fourth-order valence-corrected chi connectivity index (χ4v) is 2.75. The highest BCUT2D eigenvalue weighted by molar-refractivity contribution is 7.14. The van der Waals surface area contributed by atoms with E-state index >= 15 is 0 Å². The van der Waals surface area contributed by atoms with E-state index in [4.69, 9.17) is 9.84 Å². The van der Waals surface area contributed by atoms with Crippen LogP contribution in [0.3, 0.4) is 0 Å². The van der Waals surface area contributed by atoms with Crippen molar-refractivity contribution < 1.29 is 14.6 Å². The molecular formula is C13H16N2O3S. The highest BCUT2D eigenvalue weighted by Crippen LogP contribution is 2.26. The number of rotatable bonds is 4. The monoisotopic (exact) mass is 280 g/mol. The number of carboxylic acids is 1. The van der Waals surface area contributed by atoms with Crippen LogP contribution < -0.4 is 4.74 Å². The zero-order valence-electron chi connectivity index (χ0n) is 11.4. The third kappa shape index (κ3) is 2.63. The molecule has 0 fully saturated rings. The van der Waals surface area contributed by atoms with Crippen molar-refractivity contribution >= 4 is 17.3 Å². The lowest BCUT2D eigenvalue weighted by Crippen LogP contribution is -1.98. The maximum Gasteiger partial charge on any atom is 0.345 e. The van der Waals surface area contributed by atoms with Gasteiger partial charge in [-0.3, -0.25) is 4.68 Å².